The Morgan fingerprint density at radius 3 is 2.26 bits per heavy atom. The molecule has 0 radical (unpaired) electrons. The number of amides is 1. The summed E-state index contributed by atoms with van der Waals surface area (Å²) in [7, 11) is -0.259. The molecule has 27 heavy (non-hydrogen) atoms. The number of carbonyl (C=O) groups excluding carboxylic acids is 1. The van der Waals surface area contributed by atoms with Crippen LogP contribution in [0.4, 0.5) is 11.4 Å². The van der Waals surface area contributed by atoms with Crippen LogP contribution in [-0.2, 0) is 14.8 Å². The second kappa shape index (κ2) is 8.37. The zero-order valence-corrected chi connectivity index (χ0v) is 16.7. The SMILES string of the molecule is CC(C)c1ccc(/C=C/C(=O)Nc2cc(S(N)(=O)=O)ccc2N(C)C)cc1. The van der Waals surface area contributed by atoms with E-state index in [0.717, 1.165) is 5.56 Å². The van der Waals surface area contributed by atoms with Crippen LogP contribution >= 0.6 is 0 Å². The molecule has 7 heteroatoms. The maximum atomic E-state index is 12.3. The molecule has 0 bridgehead atoms. The highest BCUT2D eigenvalue weighted by molar-refractivity contribution is 7.89. The number of nitrogens with zero attached hydrogens (tertiary/aromatic N) is 1. The Kier molecular flexibility index (Phi) is 6.41. The summed E-state index contributed by atoms with van der Waals surface area (Å²) in [6, 6.07) is 12.3. The number of sulfonamides is 1. The molecule has 0 saturated carbocycles. The standard InChI is InChI=1S/C20H25N3O3S/c1-14(2)16-8-5-15(6-9-16)7-12-20(24)22-18-13-17(27(21,25)26)10-11-19(18)23(3)4/h5-14H,1-4H3,(H,22,24)(H2,21,25,26)/b12-7+. The van der Waals surface area contributed by atoms with Crippen molar-refractivity contribution in [1.82, 2.24) is 0 Å². The minimum absolute atomic E-state index is 0.0587. The summed E-state index contributed by atoms with van der Waals surface area (Å²) in [4.78, 5) is 14.0. The average molecular weight is 388 g/mol. The number of rotatable bonds is 6. The second-order valence-corrected chi connectivity index (χ2v) is 8.32. The number of anilines is 2. The number of nitrogens with one attached hydrogen (secondary N) is 1. The lowest BCUT2D eigenvalue weighted by atomic mass is 10.0. The normalized spacial score (nSPS) is 11.8. The minimum atomic E-state index is -3.86. The minimum Gasteiger partial charge on any atom is -0.376 e. The summed E-state index contributed by atoms with van der Waals surface area (Å²) < 4.78 is 23.2. The molecular formula is C20H25N3O3S. The number of carbonyl (C=O) groups is 1. The molecule has 0 aromatic heterocycles. The van der Waals surface area contributed by atoms with E-state index in [1.54, 1.807) is 31.1 Å². The molecule has 2 rings (SSSR count). The first-order valence-electron chi connectivity index (χ1n) is 8.51. The Morgan fingerprint density at radius 1 is 1.11 bits per heavy atom. The highest BCUT2D eigenvalue weighted by atomic mass is 32.2. The van der Waals surface area contributed by atoms with E-state index >= 15 is 0 Å². The third-order valence-corrected chi connectivity index (χ3v) is 4.98. The van der Waals surface area contributed by atoms with Crippen LogP contribution in [0, 0.1) is 0 Å². The number of nitrogens with two attached hydrogens (primary N) is 1. The first-order chi connectivity index (χ1) is 12.6. The fourth-order valence-electron chi connectivity index (χ4n) is 2.52. The molecule has 2 aromatic carbocycles. The van der Waals surface area contributed by atoms with Crippen molar-refractivity contribution in [2.45, 2.75) is 24.7 Å². The van der Waals surface area contributed by atoms with Crippen LogP contribution < -0.4 is 15.4 Å². The van der Waals surface area contributed by atoms with Crippen molar-refractivity contribution in [2.24, 2.45) is 5.14 Å². The summed E-state index contributed by atoms with van der Waals surface area (Å²) in [6.45, 7) is 4.24. The third-order valence-electron chi connectivity index (χ3n) is 4.07. The van der Waals surface area contributed by atoms with Gasteiger partial charge in [0.25, 0.3) is 0 Å². The summed E-state index contributed by atoms with van der Waals surface area (Å²) in [5, 5.41) is 7.90. The van der Waals surface area contributed by atoms with Crippen LogP contribution in [0.2, 0.25) is 0 Å². The summed E-state index contributed by atoms with van der Waals surface area (Å²) >= 11 is 0. The Bertz CT molecular complexity index is 947. The Labute approximate surface area is 160 Å². The molecule has 0 unspecified atom stereocenters. The van der Waals surface area contributed by atoms with Crippen molar-refractivity contribution in [1.29, 1.82) is 0 Å². The molecule has 0 aliphatic carbocycles. The van der Waals surface area contributed by atoms with Crippen LogP contribution in [0.1, 0.15) is 30.9 Å². The van der Waals surface area contributed by atoms with Gasteiger partial charge in [-0.15, -0.1) is 0 Å². The second-order valence-electron chi connectivity index (χ2n) is 6.76. The van der Waals surface area contributed by atoms with Crippen LogP contribution in [0.15, 0.2) is 53.4 Å². The first-order valence-corrected chi connectivity index (χ1v) is 10.1. The predicted molar refractivity (Wildman–Crippen MR) is 110 cm³/mol. The maximum absolute atomic E-state index is 12.3. The van der Waals surface area contributed by atoms with Crippen LogP contribution in [0.5, 0.6) is 0 Å². The van der Waals surface area contributed by atoms with Crippen LogP contribution in [-0.4, -0.2) is 28.4 Å². The molecule has 6 nitrogen and oxygen atoms in total. The zero-order chi connectivity index (χ0) is 20.2. The van der Waals surface area contributed by atoms with Crippen LogP contribution in [0.3, 0.4) is 0 Å². The van der Waals surface area contributed by atoms with E-state index in [1.165, 1.54) is 23.8 Å². The lowest BCUT2D eigenvalue weighted by Crippen LogP contribution is -2.17. The Balaban J connectivity index is 2.21. The van der Waals surface area contributed by atoms with Crippen molar-refractivity contribution >= 4 is 33.4 Å². The molecule has 0 saturated heterocycles. The summed E-state index contributed by atoms with van der Waals surface area (Å²) in [5.41, 5.74) is 3.18. The molecule has 2 aromatic rings. The van der Waals surface area contributed by atoms with E-state index < -0.39 is 10.0 Å². The Morgan fingerprint density at radius 2 is 1.74 bits per heavy atom. The molecule has 0 heterocycles. The molecule has 1 amide bonds. The van der Waals surface area contributed by atoms with E-state index in [9.17, 15) is 13.2 Å². The van der Waals surface area contributed by atoms with Gasteiger partial charge in [0, 0.05) is 20.2 Å². The molecule has 0 fully saturated rings. The fraction of sp³-hybridized carbons (Fsp3) is 0.250. The van der Waals surface area contributed by atoms with E-state index in [2.05, 4.69) is 19.2 Å². The van der Waals surface area contributed by atoms with Gasteiger partial charge in [-0.2, -0.15) is 0 Å². The van der Waals surface area contributed by atoms with Gasteiger partial charge in [-0.1, -0.05) is 38.1 Å². The molecule has 0 spiro atoms. The van der Waals surface area contributed by atoms with E-state index in [0.29, 0.717) is 17.3 Å². The summed E-state index contributed by atoms with van der Waals surface area (Å²) in [6.07, 6.45) is 3.12. The van der Waals surface area contributed by atoms with E-state index in [1.807, 2.05) is 24.3 Å². The summed E-state index contributed by atoms with van der Waals surface area (Å²) in [5.74, 6) is 0.0829. The number of hydrogen-bond donors (Lipinski definition) is 2. The monoisotopic (exact) mass is 387 g/mol. The smallest absolute Gasteiger partial charge is 0.248 e. The van der Waals surface area contributed by atoms with Crippen LogP contribution in [0.25, 0.3) is 6.08 Å². The molecule has 0 atom stereocenters. The van der Waals surface area contributed by atoms with Gasteiger partial charge >= 0.3 is 0 Å². The molecular weight excluding hydrogens is 362 g/mol. The van der Waals surface area contributed by atoms with E-state index in [4.69, 9.17) is 5.14 Å². The number of hydrogen-bond acceptors (Lipinski definition) is 4. The van der Waals surface area contributed by atoms with Gasteiger partial charge in [0.2, 0.25) is 15.9 Å². The number of primary sulfonamides is 1. The lowest BCUT2D eigenvalue weighted by molar-refractivity contribution is -0.111. The van der Waals surface area contributed by atoms with Crippen molar-refractivity contribution in [3.05, 3.63) is 59.7 Å². The topological polar surface area (TPSA) is 92.5 Å². The average Bonchev–Trinajstić information content (AvgIpc) is 2.59. The van der Waals surface area contributed by atoms with Gasteiger partial charge in [0.15, 0.2) is 0 Å². The van der Waals surface area contributed by atoms with Crippen molar-refractivity contribution in [3.63, 3.8) is 0 Å². The zero-order valence-electron chi connectivity index (χ0n) is 15.9. The van der Waals surface area contributed by atoms with Gasteiger partial charge in [0.05, 0.1) is 16.3 Å². The lowest BCUT2D eigenvalue weighted by Gasteiger charge is -2.18. The van der Waals surface area contributed by atoms with Crippen molar-refractivity contribution in [3.8, 4) is 0 Å². The van der Waals surface area contributed by atoms with Crippen molar-refractivity contribution in [2.75, 3.05) is 24.3 Å². The van der Waals surface area contributed by atoms with Gasteiger partial charge in [-0.05, 0) is 41.3 Å². The highest BCUT2D eigenvalue weighted by Crippen LogP contribution is 2.27. The van der Waals surface area contributed by atoms with Gasteiger partial charge in [-0.3, -0.25) is 4.79 Å². The first kappa shape index (κ1) is 20.7. The van der Waals surface area contributed by atoms with Gasteiger partial charge in [0.1, 0.15) is 0 Å². The maximum Gasteiger partial charge on any atom is 0.248 e. The van der Waals surface area contributed by atoms with Gasteiger partial charge in [-0.25, -0.2) is 13.6 Å². The quantitative estimate of drug-likeness (QED) is 0.745. The molecule has 144 valence electrons. The van der Waals surface area contributed by atoms with E-state index in [-0.39, 0.29) is 10.8 Å². The fourth-order valence-corrected chi connectivity index (χ4v) is 3.06. The predicted octanol–water partition coefficient (Wildman–Crippen LogP) is 3.18. The van der Waals surface area contributed by atoms with Gasteiger partial charge < -0.3 is 10.2 Å². The largest absolute Gasteiger partial charge is 0.376 e. The highest BCUT2D eigenvalue weighted by Gasteiger charge is 2.13. The molecule has 0 aliphatic heterocycles. The molecule has 0 aliphatic rings. The van der Waals surface area contributed by atoms with Crippen molar-refractivity contribution < 1.29 is 13.2 Å². The molecule has 3 N–H and O–H groups in total. The Hall–Kier alpha value is -2.64. The third kappa shape index (κ3) is 5.67. The number of benzene rings is 2.